The van der Waals surface area contributed by atoms with Crippen LogP contribution in [0.15, 0.2) is 34.3 Å². The molecule has 2 aliphatic carbocycles. The SMILES string of the molecule is NC(N)=NCCC[C@@H](N)C(=O)N[C@@H](CCCN=C(N)N)C(=O)NC1(C(=O)N[C@@H](CO)C(=O)N2Cc3ccccc3C[C@@H]2C(=O)N2C(C(=O)O)C[C@@H]3CCCC[C@@H]32)CCCCCC1. The van der Waals surface area contributed by atoms with E-state index in [2.05, 4.69) is 25.9 Å². The average Bonchev–Trinajstić information content (AvgIpc) is 3.49. The Bertz CT molecular complexity index is 1830. The Morgan fingerprint density at radius 1 is 0.790 bits per heavy atom. The van der Waals surface area contributed by atoms with Crippen LogP contribution in [0.5, 0.6) is 0 Å². The first-order valence-electron chi connectivity index (χ1n) is 22.0. The summed E-state index contributed by atoms with van der Waals surface area (Å²) in [6, 6.07) is 1.36. The topological polar surface area (TPSA) is 340 Å². The molecule has 0 spiro atoms. The minimum absolute atomic E-state index is 0.00299. The number of hydrogen-bond donors (Lipinski definition) is 10. The number of rotatable bonds is 18. The van der Waals surface area contributed by atoms with Gasteiger partial charge in [-0.25, -0.2) is 4.79 Å². The van der Waals surface area contributed by atoms with Gasteiger partial charge in [0.25, 0.3) is 0 Å². The average molecular weight is 867 g/mol. The van der Waals surface area contributed by atoms with Crippen LogP contribution in [0.3, 0.4) is 0 Å². The van der Waals surface area contributed by atoms with E-state index < -0.39 is 77.9 Å². The van der Waals surface area contributed by atoms with Crippen molar-refractivity contribution in [2.75, 3.05) is 19.7 Å². The van der Waals surface area contributed by atoms with Gasteiger partial charge in [-0.1, -0.05) is 62.8 Å². The molecule has 0 aromatic heterocycles. The van der Waals surface area contributed by atoms with Gasteiger partial charge in [0.2, 0.25) is 29.5 Å². The molecule has 1 unspecified atom stereocenters. The zero-order chi connectivity index (χ0) is 45.0. The van der Waals surface area contributed by atoms with Crippen molar-refractivity contribution in [3.8, 4) is 0 Å². The maximum Gasteiger partial charge on any atom is 0.326 e. The molecular weight excluding hydrogens is 801 g/mol. The molecule has 15 N–H and O–H groups in total. The normalized spacial score (nSPS) is 23.2. The highest BCUT2D eigenvalue weighted by Gasteiger charge is 2.51. The van der Waals surface area contributed by atoms with Crippen LogP contribution in [0, 0.1) is 5.92 Å². The van der Waals surface area contributed by atoms with Crippen molar-refractivity contribution in [1.82, 2.24) is 25.8 Å². The van der Waals surface area contributed by atoms with Gasteiger partial charge in [-0.05, 0) is 74.8 Å². The van der Waals surface area contributed by atoms with Crippen molar-refractivity contribution >= 4 is 47.4 Å². The number of aliphatic hydroxyl groups is 1. The van der Waals surface area contributed by atoms with Gasteiger partial charge in [0.05, 0.1) is 12.6 Å². The van der Waals surface area contributed by atoms with E-state index in [0.29, 0.717) is 38.5 Å². The first-order chi connectivity index (χ1) is 29.6. The number of carboxylic acids is 1. The number of amides is 5. The summed E-state index contributed by atoms with van der Waals surface area (Å²) in [4.78, 5) is 94.8. The number of carbonyl (C=O) groups excluding carboxylic acids is 5. The Morgan fingerprint density at radius 2 is 1.42 bits per heavy atom. The number of nitrogens with two attached hydrogens (primary N) is 5. The van der Waals surface area contributed by atoms with Crippen LogP contribution in [0.2, 0.25) is 0 Å². The highest BCUT2D eigenvalue weighted by Crippen LogP contribution is 2.41. The summed E-state index contributed by atoms with van der Waals surface area (Å²) in [5.41, 5.74) is 28.0. The van der Waals surface area contributed by atoms with E-state index in [1.54, 1.807) is 0 Å². The number of benzene rings is 1. The Hall–Kier alpha value is -5.50. The van der Waals surface area contributed by atoms with Crippen molar-refractivity contribution in [1.29, 1.82) is 0 Å². The molecule has 2 saturated carbocycles. The van der Waals surface area contributed by atoms with Gasteiger partial charge in [0.15, 0.2) is 11.9 Å². The highest BCUT2D eigenvalue weighted by atomic mass is 16.4. The molecule has 5 amide bonds. The Labute approximate surface area is 362 Å². The van der Waals surface area contributed by atoms with Crippen LogP contribution >= 0.6 is 0 Å². The molecule has 0 bridgehead atoms. The van der Waals surface area contributed by atoms with Crippen molar-refractivity contribution in [2.24, 2.45) is 44.6 Å². The van der Waals surface area contributed by atoms with Gasteiger partial charge in [-0.15, -0.1) is 0 Å². The van der Waals surface area contributed by atoms with Gasteiger partial charge >= 0.3 is 5.97 Å². The van der Waals surface area contributed by atoms with E-state index in [4.69, 9.17) is 28.7 Å². The van der Waals surface area contributed by atoms with Crippen molar-refractivity contribution in [3.05, 3.63) is 35.4 Å². The molecule has 2 heterocycles. The maximum atomic E-state index is 14.7. The molecule has 4 aliphatic rings. The summed E-state index contributed by atoms with van der Waals surface area (Å²) in [7, 11) is 0. The molecule has 7 atom stereocenters. The summed E-state index contributed by atoms with van der Waals surface area (Å²) in [5, 5.41) is 29.4. The molecule has 3 fully saturated rings. The minimum Gasteiger partial charge on any atom is -0.480 e. The van der Waals surface area contributed by atoms with Crippen molar-refractivity contribution in [3.63, 3.8) is 0 Å². The smallest absolute Gasteiger partial charge is 0.326 e. The molecule has 2 aliphatic heterocycles. The molecule has 1 aromatic rings. The van der Waals surface area contributed by atoms with Crippen molar-refractivity contribution < 1.29 is 39.0 Å². The Morgan fingerprint density at radius 3 is 2.05 bits per heavy atom. The first kappa shape index (κ1) is 47.5. The summed E-state index contributed by atoms with van der Waals surface area (Å²) in [5.74, 6) is -4.39. The van der Waals surface area contributed by atoms with Gasteiger partial charge < -0.3 is 64.6 Å². The second kappa shape index (κ2) is 22.0. The predicted molar refractivity (Wildman–Crippen MR) is 230 cm³/mol. The van der Waals surface area contributed by atoms with E-state index in [1.807, 2.05) is 24.3 Å². The maximum absolute atomic E-state index is 14.7. The predicted octanol–water partition coefficient (Wildman–Crippen LogP) is -1.21. The Kier molecular flexibility index (Phi) is 16.9. The van der Waals surface area contributed by atoms with Crippen LogP contribution < -0.4 is 44.6 Å². The lowest BCUT2D eigenvalue weighted by molar-refractivity contribution is -0.156. The zero-order valence-electron chi connectivity index (χ0n) is 35.5. The number of nitrogens with one attached hydrogen (secondary N) is 3. The number of aliphatic hydroxyl groups excluding tert-OH is 1. The summed E-state index contributed by atoms with van der Waals surface area (Å²) >= 11 is 0. The number of carbonyl (C=O) groups is 6. The van der Waals surface area contributed by atoms with Gasteiger partial charge in [-0.3, -0.25) is 34.0 Å². The fourth-order valence-corrected chi connectivity index (χ4v) is 9.59. The second-order valence-corrected chi connectivity index (χ2v) is 17.2. The minimum atomic E-state index is -1.53. The lowest BCUT2D eigenvalue weighted by Gasteiger charge is -2.42. The monoisotopic (exact) mass is 867 g/mol. The zero-order valence-corrected chi connectivity index (χ0v) is 35.5. The Balaban J connectivity index is 1.37. The van der Waals surface area contributed by atoms with E-state index >= 15 is 0 Å². The van der Waals surface area contributed by atoms with Crippen LogP contribution in [0.25, 0.3) is 0 Å². The van der Waals surface area contributed by atoms with Gasteiger partial charge in [0, 0.05) is 32.1 Å². The lowest BCUT2D eigenvalue weighted by atomic mass is 9.84. The third-order valence-corrected chi connectivity index (χ3v) is 12.9. The van der Waals surface area contributed by atoms with Crippen LogP contribution in [-0.4, -0.2) is 129 Å². The number of aliphatic carboxylic acids is 1. The summed E-state index contributed by atoms with van der Waals surface area (Å²) < 4.78 is 0. The first-order valence-corrected chi connectivity index (χ1v) is 22.0. The number of nitrogens with zero attached hydrogens (tertiary/aromatic N) is 4. The standard InChI is InChI=1S/C42H66N12O8/c43-28(14-9-19-48-40(44)45)34(56)50-29(15-10-20-49-41(46)47)35(57)52-42(17-7-1-2-8-18-42)39(62)51-30(24-55)36(58)53-23-27-13-4-3-11-25(27)21-32(53)37(59)54-31-16-6-5-12-26(31)22-33(54)38(60)61/h3-4,11,13,26,28-33,55H,1-2,5-10,12,14-24,43H2,(H,50,56)(H,51,62)(H,52,57)(H,60,61)(H4,44,45,48)(H4,46,47,49)/t26-,28+,29-,30-,31-,32+,33?/m0/s1. The van der Waals surface area contributed by atoms with Crippen LogP contribution in [-0.2, 0) is 41.7 Å². The molecule has 342 valence electrons. The molecule has 1 saturated heterocycles. The fraction of sp³-hybridized carbons (Fsp3) is 0.667. The second-order valence-electron chi connectivity index (χ2n) is 17.2. The van der Waals surface area contributed by atoms with Crippen LogP contribution in [0.1, 0.15) is 107 Å². The van der Waals surface area contributed by atoms with E-state index in [9.17, 15) is 39.0 Å². The van der Waals surface area contributed by atoms with Crippen LogP contribution in [0.4, 0.5) is 0 Å². The van der Waals surface area contributed by atoms with Gasteiger partial charge in [-0.2, -0.15) is 0 Å². The molecule has 1 aromatic carbocycles. The number of fused-ring (bicyclic) bond motifs is 2. The molecule has 62 heavy (non-hydrogen) atoms. The number of likely N-dealkylation sites (tertiary alicyclic amines) is 1. The molecular formula is C42H66N12O8. The largest absolute Gasteiger partial charge is 0.480 e. The third kappa shape index (κ3) is 11.9. The highest BCUT2D eigenvalue weighted by molar-refractivity contribution is 5.98. The van der Waals surface area contributed by atoms with E-state index in [-0.39, 0.29) is 75.6 Å². The third-order valence-electron chi connectivity index (χ3n) is 12.9. The molecule has 0 radical (unpaired) electrons. The summed E-state index contributed by atoms with van der Waals surface area (Å²) in [6.07, 6.45) is 7.94. The van der Waals surface area contributed by atoms with Gasteiger partial charge in [0.1, 0.15) is 29.7 Å². The molecule has 5 rings (SSSR count). The van der Waals surface area contributed by atoms with Crippen molar-refractivity contribution in [2.45, 2.75) is 151 Å². The number of carboxylic acid groups (broad SMARTS) is 1. The lowest BCUT2D eigenvalue weighted by Crippen LogP contribution is -2.66. The summed E-state index contributed by atoms with van der Waals surface area (Å²) in [6.45, 7) is -0.395. The fourth-order valence-electron chi connectivity index (χ4n) is 9.59. The number of guanidine groups is 2. The number of hydrogen-bond acceptors (Lipinski definition) is 10. The van der Waals surface area contributed by atoms with E-state index in [1.165, 1.54) is 9.80 Å². The number of aliphatic imine (C=N–C) groups is 2. The molecule has 20 nitrogen and oxygen atoms in total. The van der Waals surface area contributed by atoms with E-state index in [0.717, 1.165) is 43.2 Å². The quantitative estimate of drug-likeness (QED) is 0.0359. The molecule has 20 heteroatoms.